The number of carbonyl (C=O) groups excluding carboxylic acids is 2. The number of carbonyl (C=O) groups is 2. The van der Waals surface area contributed by atoms with Crippen LogP contribution in [0.25, 0.3) is 0 Å². The summed E-state index contributed by atoms with van der Waals surface area (Å²) in [7, 11) is -1.12. The van der Waals surface area contributed by atoms with Gasteiger partial charge >= 0.3 is 0 Å². The highest BCUT2D eigenvalue weighted by molar-refractivity contribution is 7.84. The minimum absolute atomic E-state index is 0.164. The van der Waals surface area contributed by atoms with E-state index in [0.29, 0.717) is 21.9 Å². The third kappa shape index (κ3) is 4.05. The lowest BCUT2D eigenvalue weighted by Crippen LogP contribution is -2.32. The monoisotopic (exact) mass is 320 g/mol. The second-order valence-electron chi connectivity index (χ2n) is 4.60. The first-order valence-corrected chi connectivity index (χ1v) is 8.09. The lowest BCUT2D eigenvalue weighted by Gasteiger charge is -2.07. The molecule has 1 atom stereocenters. The Morgan fingerprint density at radius 3 is 2.68 bits per heavy atom. The van der Waals surface area contributed by atoms with E-state index >= 15 is 0 Å². The lowest BCUT2D eigenvalue weighted by molar-refractivity contribution is -0.115. The van der Waals surface area contributed by atoms with Crippen molar-refractivity contribution in [2.24, 2.45) is 0 Å². The molecule has 0 spiro atoms. The molecule has 0 aliphatic rings. The van der Waals surface area contributed by atoms with Crippen LogP contribution in [-0.2, 0) is 15.6 Å². The molecule has 2 aromatic rings. The molecule has 1 aromatic heterocycles. The van der Waals surface area contributed by atoms with Crippen molar-refractivity contribution in [1.82, 2.24) is 5.32 Å². The maximum atomic E-state index is 11.8. The molecule has 0 saturated carbocycles. The Labute approximate surface area is 130 Å². The summed E-state index contributed by atoms with van der Waals surface area (Å²) in [5.41, 5.74) is 0.933. The number of nitrogens with one attached hydrogen (secondary N) is 2. The van der Waals surface area contributed by atoms with Gasteiger partial charge in [0.05, 0.1) is 18.4 Å². The Morgan fingerprint density at radius 1 is 1.27 bits per heavy atom. The van der Waals surface area contributed by atoms with E-state index in [2.05, 4.69) is 10.6 Å². The van der Waals surface area contributed by atoms with Gasteiger partial charge in [-0.3, -0.25) is 13.8 Å². The third-order valence-electron chi connectivity index (χ3n) is 2.96. The Kier molecular flexibility index (Phi) is 5.11. The van der Waals surface area contributed by atoms with Crippen LogP contribution in [-0.4, -0.2) is 28.8 Å². The molecule has 1 aromatic carbocycles. The molecular formula is C15H16N2O4S. The van der Waals surface area contributed by atoms with E-state index in [-0.39, 0.29) is 18.4 Å². The Balaban J connectivity index is 1.91. The van der Waals surface area contributed by atoms with Crippen molar-refractivity contribution in [2.75, 3.05) is 18.1 Å². The molecule has 7 heteroatoms. The van der Waals surface area contributed by atoms with E-state index in [1.807, 2.05) is 0 Å². The smallest absolute Gasteiger partial charge is 0.255 e. The quantitative estimate of drug-likeness (QED) is 0.877. The zero-order chi connectivity index (χ0) is 16.1. The molecule has 116 valence electrons. The second-order valence-corrected chi connectivity index (χ2v) is 5.98. The number of benzene rings is 1. The number of aryl methyl sites for hydroxylation is 1. The SMILES string of the molecule is Cc1occc1C(=O)NCC(=O)Nc1cccc([S@](C)=O)c1. The van der Waals surface area contributed by atoms with Gasteiger partial charge in [0.1, 0.15) is 5.76 Å². The van der Waals surface area contributed by atoms with Crippen LogP contribution in [0.2, 0.25) is 0 Å². The topological polar surface area (TPSA) is 88.4 Å². The van der Waals surface area contributed by atoms with E-state index < -0.39 is 10.8 Å². The van der Waals surface area contributed by atoms with Gasteiger partial charge in [-0.25, -0.2) is 0 Å². The average Bonchev–Trinajstić information content (AvgIpc) is 2.91. The Morgan fingerprint density at radius 2 is 2.05 bits per heavy atom. The number of anilines is 1. The van der Waals surface area contributed by atoms with Crippen molar-refractivity contribution in [2.45, 2.75) is 11.8 Å². The summed E-state index contributed by atoms with van der Waals surface area (Å²) in [6, 6.07) is 8.30. The van der Waals surface area contributed by atoms with Crippen molar-refractivity contribution in [3.05, 3.63) is 47.9 Å². The summed E-state index contributed by atoms with van der Waals surface area (Å²) in [6.45, 7) is 1.51. The minimum Gasteiger partial charge on any atom is -0.469 e. The van der Waals surface area contributed by atoms with Gasteiger partial charge in [-0.15, -0.1) is 0 Å². The molecule has 0 saturated heterocycles. The fourth-order valence-corrected chi connectivity index (χ4v) is 2.40. The molecule has 22 heavy (non-hydrogen) atoms. The summed E-state index contributed by atoms with van der Waals surface area (Å²) in [4.78, 5) is 24.3. The molecule has 0 aliphatic heterocycles. The molecule has 0 bridgehead atoms. The normalized spacial score (nSPS) is 11.7. The first-order chi connectivity index (χ1) is 10.5. The highest BCUT2D eigenvalue weighted by atomic mass is 32.2. The molecule has 2 rings (SSSR count). The number of furan rings is 1. The largest absolute Gasteiger partial charge is 0.469 e. The van der Waals surface area contributed by atoms with E-state index in [1.54, 1.807) is 43.5 Å². The van der Waals surface area contributed by atoms with Crippen molar-refractivity contribution in [3.8, 4) is 0 Å². The fraction of sp³-hybridized carbons (Fsp3) is 0.200. The summed E-state index contributed by atoms with van der Waals surface area (Å²) in [5, 5.41) is 5.15. The van der Waals surface area contributed by atoms with Crippen molar-refractivity contribution in [1.29, 1.82) is 0 Å². The standard InChI is InChI=1S/C15H16N2O4S/c1-10-13(6-7-21-10)15(19)16-9-14(18)17-11-4-3-5-12(8-11)22(2)20/h3-8H,9H2,1-2H3,(H,16,19)(H,17,18)/t22-/m0/s1. The predicted molar refractivity (Wildman–Crippen MR) is 83.2 cm³/mol. The van der Waals surface area contributed by atoms with Crippen LogP contribution in [0.4, 0.5) is 5.69 Å². The van der Waals surface area contributed by atoms with Crippen LogP contribution >= 0.6 is 0 Å². The predicted octanol–water partition coefficient (Wildman–Crippen LogP) is 1.69. The number of rotatable bonds is 5. The molecule has 1 heterocycles. The lowest BCUT2D eigenvalue weighted by atomic mass is 10.2. The van der Waals surface area contributed by atoms with E-state index in [0.717, 1.165) is 0 Å². The molecule has 0 aliphatic carbocycles. The summed E-state index contributed by atoms with van der Waals surface area (Å²) < 4.78 is 16.4. The van der Waals surface area contributed by atoms with Crippen LogP contribution in [0.1, 0.15) is 16.1 Å². The Hall–Kier alpha value is -2.41. The fourth-order valence-electron chi connectivity index (χ4n) is 1.83. The molecule has 2 amide bonds. The van der Waals surface area contributed by atoms with Gasteiger partial charge < -0.3 is 15.1 Å². The third-order valence-corrected chi connectivity index (χ3v) is 3.88. The van der Waals surface area contributed by atoms with E-state index in [1.165, 1.54) is 6.26 Å². The van der Waals surface area contributed by atoms with Gasteiger partial charge in [-0.05, 0) is 31.2 Å². The molecular weight excluding hydrogens is 304 g/mol. The van der Waals surface area contributed by atoms with Gasteiger partial charge in [-0.2, -0.15) is 0 Å². The molecule has 0 unspecified atom stereocenters. The highest BCUT2D eigenvalue weighted by Crippen LogP contribution is 2.13. The van der Waals surface area contributed by atoms with Crippen molar-refractivity contribution >= 4 is 28.3 Å². The van der Waals surface area contributed by atoms with Gasteiger partial charge in [0.2, 0.25) is 5.91 Å². The summed E-state index contributed by atoms with van der Waals surface area (Å²) in [5.74, 6) is -0.241. The van der Waals surface area contributed by atoms with Crippen molar-refractivity contribution in [3.63, 3.8) is 0 Å². The van der Waals surface area contributed by atoms with Crippen LogP contribution in [0, 0.1) is 6.92 Å². The van der Waals surface area contributed by atoms with Gasteiger partial charge in [0, 0.05) is 27.6 Å². The van der Waals surface area contributed by atoms with Gasteiger partial charge in [-0.1, -0.05) is 6.07 Å². The van der Waals surface area contributed by atoms with E-state index in [4.69, 9.17) is 4.42 Å². The van der Waals surface area contributed by atoms with Crippen LogP contribution < -0.4 is 10.6 Å². The van der Waals surface area contributed by atoms with Crippen LogP contribution in [0.3, 0.4) is 0 Å². The van der Waals surface area contributed by atoms with Crippen LogP contribution in [0.15, 0.2) is 45.9 Å². The van der Waals surface area contributed by atoms with Gasteiger partial charge in [0.25, 0.3) is 5.91 Å². The molecule has 0 radical (unpaired) electrons. The summed E-state index contributed by atoms with van der Waals surface area (Å²) in [6.07, 6.45) is 2.98. The number of hydrogen-bond donors (Lipinski definition) is 2. The zero-order valence-corrected chi connectivity index (χ0v) is 13.0. The number of hydrogen-bond acceptors (Lipinski definition) is 4. The first kappa shape index (κ1) is 16.0. The average molecular weight is 320 g/mol. The zero-order valence-electron chi connectivity index (χ0n) is 12.2. The van der Waals surface area contributed by atoms with Gasteiger partial charge in [0.15, 0.2) is 0 Å². The molecule has 0 fully saturated rings. The first-order valence-electron chi connectivity index (χ1n) is 6.53. The second kappa shape index (κ2) is 7.04. The maximum Gasteiger partial charge on any atom is 0.255 e. The summed E-state index contributed by atoms with van der Waals surface area (Å²) >= 11 is 0. The van der Waals surface area contributed by atoms with E-state index in [9.17, 15) is 13.8 Å². The molecule has 2 N–H and O–H groups in total. The van der Waals surface area contributed by atoms with Crippen molar-refractivity contribution < 1.29 is 18.2 Å². The minimum atomic E-state index is -1.12. The molecule has 6 nitrogen and oxygen atoms in total. The number of amides is 2. The van der Waals surface area contributed by atoms with Crippen LogP contribution in [0.5, 0.6) is 0 Å². The maximum absolute atomic E-state index is 11.8. The highest BCUT2D eigenvalue weighted by Gasteiger charge is 2.12. The Bertz CT molecular complexity index is 724.